The molecule has 0 spiro atoms. The molecule has 0 saturated heterocycles. The molecule has 0 aliphatic heterocycles. The molecule has 3 aromatic carbocycles. The van der Waals surface area contributed by atoms with Gasteiger partial charge in [-0.05, 0) is 58.0 Å². The van der Waals surface area contributed by atoms with E-state index in [2.05, 4.69) is 49.7 Å². The van der Waals surface area contributed by atoms with E-state index in [1.165, 1.54) is 4.70 Å². The molecule has 7 heteroatoms. The molecule has 0 bridgehead atoms. The van der Waals surface area contributed by atoms with E-state index >= 15 is 0 Å². The Labute approximate surface area is 186 Å². The van der Waals surface area contributed by atoms with Gasteiger partial charge in [-0.2, -0.15) is 0 Å². The Morgan fingerprint density at radius 1 is 1.00 bits per heavy atom. The summed E-state index contributed by atoms with van der Waals surface area (Å²) in [5.74, 6) is -0.249. The first-order valence-electron chi connectivity index (χ1n) is 8.89. The van der Waals surface area contributed by atoms with Crippen molar-refractivity contribution >= 4 is 60.7 Å². The number of halogens is 1. The zero-order valence-electron chi connectivity index (χ0n) is 15.2. The highest BCUT2D eigenvalue weighted by Crippen LogP contribution is 2.30. The second-order valence-electron chi connectivity index (χ2n) is 6.30. The van der Waals surface area contributed by atoms with Gasteiger partial charge in [0.2, 0.25) is 0 Å². The number of hydrogen-bond donors (Lipinski definition) is 2. The fourth-order valence-electron chi connectivity index (χ4n) is 2.80. The lowest BCUT2D eigenvalue weighted by atomic mass is 10.1. The lowest BCUT2D eigenvalue weighted by Gasteiger charge is -2.10. The number of thiazole rings is 1. The van der Waals surface area contributed by atoms with E-state index in [0.29, 0.717) is 17.2 Å². The van der Waals surface area contributed by atoms with Gasteiger partial charge >= 0.3 is 0 Å². The maximum atomic E-state index is 12.3. The predicted octanol–water partition coefficient (Wildman–Crippen LogP) is 5.53. The fraction of sp³-hybridized carbons (Fsp3) is 0.0455. The number of aromatic nitrogens is 1. The molecule has 0 fully saturated rings. The lowest BCUT2D eigenvalue weighted by Crippen LogP contribution is -2.38. The highest BCUT2D eigenvalue weighted by Gasteiger charge is 2.11. The van der Waals surface area contributed by atoms with Gasteiger partial charge in [0.05, 0.1) is 15.8 Å². The van der Waals surface area contributed by atoms with Crippen LogP contribution in [0.2, 0.25) is 0 Å². The van der Waals surface area contributed by atoms with E-state index in [4.69, 9.17) is 12.2 Å². The first kappa shape index (κ1) is 19.7. The van der Waals surface area contributed by atoms with Crippen molar-refractivity contribution in [3.63, 3.8) is 0 Å². The molecule has 2 N–H and O–H groups in total. The van der Waals surface area contributed by atoms with Crippen LogP contribution in [0.5, 0.6) is 0 Å². The molecule has 0 atom stereocenters. The number of thiocarbonyl (C=S) groups is 1. The summed E-state index contributed by atoms with van der Waals surface area (Å²) in [6.45, 7) is 0.523. The Morgan fingerprint density at radius 2 is 1.72 bits per heavy atom. The van der Waals surface area contributed by atoms with Crippen molar-refractivity contribution in [1.29, 1.82) is 0 Å². The summed E-state index contributed by atoms with van der Waals surface area (Å²) >= 11 is 10.3. The minimum absolute atomic E-state index is 0.249. The van der Waals surface area contributed by atoms with Crippen LogP contribution in [0, 0.1) is 0 Å². The van der Waals surface area contributed by atoms with E-state index in [9.17, 15) is 4.79 Å². The standard InChI is InChI=1S/C22H16BrN3OS2/c23-17-6-2-1-5-16(17)20(27)26-22(28)24-13-14-9-11-15(12-10-14)21-25-18-7-3-4-8-19(18)29-21/h1-12H,13H2,(H2,24,26,27,28). The summed E-state index contributed by atoms with van der Waals surface area (Å²) in [4.78, 5) is 17.0. The average Bonchev–Trinajstić information content (AvgIpc) is 3.17. The van der Waals surface area contributed by atoms with Crippen LogP contribution in [0.25, 0.3) is 20.8 Å². The zero-order chi connectivity index (χ0) is 20.2. The molecular formula is C22H16BrN3OS2. The van der Waals surface area contributed by atoms with E-state index in [-0.39, 0.29) is 5.91 Å². The second kappa shape index (κ2) is 8.82. The number of carbonyl (C=O) groups is 1. The summed E-state index contributed by atoms with van der Waals surface area (Å²) in [5.41, 5.74) is 3.70. The molecule has 1 amide bonds. The van der Waals surface area contributed by atoms with Gasteiger partial charge in [0, 0.05) is 16.6 Å². The molecule has 1 heterocycles. The number of nitrogens with one attached hydrogen (secondary N) is 2. The van der Waals surface area contributed by atoms with E-state index in [1.54, 1.807) is 17.4 Å². The van der Waals surface area contributed by atoms with Crippen LogP contribution in [-0.4, -0.2) is 16.0 Å². The van der Waals surface area contributed by atoms with Crippen LogP contribution in [0.1, 0.15) is 15.9 Å². The number of amides is 1. The summed E-state index contributed by atoms with van der Waals surface area (Å²) < 4.78 is 1.91. The first-order valence-corrected chi connectivity index (χ1v) is 10.9. The van der Waals surface area contributed by atoms with Crippen molar-refractivity contribution in [2.75, 3.05) is 0 Å². The van der Waals surface area contributed by atoms with Crippen molar-refractivity contribution in [1.82, 2.24) is 15.6 Å². The highest BCUT2D eigenvalue weighted by molar-refractivity contribution is 9.10. The molecule has 144 valence electrons. The van der Waals surface area contributed by atoms with Crippen molar-refractivity contribution in [3.8, 4) is 10.6 Å². The maximum Gasteiger partial charge on any atom is 0.258 e. The van der Waals surface area contributed by atoms with Gasteiger partial charge in [0.25, 0.3) is 5.91 Å². The third-order valence-electron chi connectivity index (χ3n) is 4.29. The number of para-hydroxylation sites is 1. The number of nitrogens with zero attached hydrogens (tertiary/aromatic N) is 1. The van der Waals surface area contributed by atoms with Gasteiger partial charge in [-0.25, -0.2) is 4.98 Å². The summed E-state index contributed by atoms with van der Waals surface area (Å²) in [6, 6.07) is 23.5. The molecule has 0 radical (unpaired) electrons. The molecule has 1 aromatic heterocycles. The normalized spacial score (nSPS) is 10.7. The smallest absolute Gasteiger partial charge is 0.258 e. The van der Waals surface area contributed by atoms with Crippen LogP contribution in [-0.2, 0) is 6.54 Å². The van der Waals surface area contributed by atoms with Gasteiger partial charge in [-0.3, -0.25) is 10.1 Å². The predicted molar refractivity (Wildman–Crippen MR) is 126 cm³/mol. The van der Waals surface area contributed by atoms with Gasteiger partial charge < -0.3 is 5.32 Å². The quantitative estimate of drug-likeness (QED) is 0.376. The average molecular weight is 482 g/mol. The monoisotopic (exact) mass is 481 g/mol. The molecule has 4 nitrogen and oxygen atoms in total. The Bertz CT molecular complexity index is 1160. The third-order valence-corrected chi connectivity index (χ3v) is 6.32. The van der Waals surface area contributed by atoms with E-state index < -0.39 is 0 Å². The van der Waals surface area contributed by atoms with Crippen LogP contribution < -0.4 is 10.6 Å². The molecule has 4 rings (SSSR count). The molecule has 0 saturated carbocycles. The molecule has 29 heavy (non-hydrogen) atoms. The van der Waals surface area contributed by atoms with Gasteiger partial charge in [-0.1, -0.05) is 48.5 Å². The van der Waals surface area contributed by atoms with Gasteiger partial charge in [0.1, 0.15) is 5.01 Å². The molecule has 0 aliphatic rings. The number of hydrogen-bond acceptors (Lipinski definition) is 4. The SMILES string of the molecule is O=C(NC(=S)NCc1ccc(-c2nc3ccccc3s2)cc1)c1ccccc1Br. The summed E-state index contributed by atoms with van der Waals surface area (Å²) in [5, 5.41) is 7.07. The minimum atomic E-state index is -0.249. The van der Waals surface area contributed by atoms with Crippen molar-refractivity contribution < 1.29 is 4.79 Å². The van der Waals surface area contributed by atoms with Crippen LogP contribution in [0.15, 0.2) is 77.3 Å². The fourth-order valence-corrected chi connectivity index (χ4v) is 4.40. The molecule has 4 aromatic rings. The maximum absolute atomic E-state index is 12.3. The third kappa shape index (κ3) is 4.70. The summed E-state index contributed by atoms with van der Waals surface area (Å²) in [7, 11) is 0. The number of carbonyl (C=O) groups excluding carboxylic acids is 1. The topological polar surface area (TPSA) is 54.0 Å². The van der Waals surface area contributed by atoms with Crippen LogP contribution in [0.3, 0.4) is 0 Å². The van der Waals surface area contributed by atoms with Crippen LogP contribution >= 0.6 is 39.5 Å². The Hall–Kier alpha value is -2.61. The summed E-state index contributed by atoms with van der Waals surface area (Å²) in [6.07, 6.45) is 0. The highest BCUT2D eigenvalue weighted by atomic mass is 79.9. The Morgan fingerprint density at radius 3 is 2.48 bits per heavy atom. The number of fused-ring (bicyclic) bond motifs is 1. The first-order chi connectivity index (χ1) is 14.1. The Kier molecular flexibility index (Phi) is 5.99. The largest absolute Gasteiger partial charge is 0.358 e. The second-order valence-corrected chi connectivity index (χ2v) is 8.59. The molecular weight excluding hydrogens is 466 g/mol. The van der Waals surface area contributed by atoms with E-state index in [1.807, 2.05) is 48.5 Å². The van der Waals surface area contributed by atoms with Crippen molar-refractivity contribution in [2.45, 2.75) is 6.54 Å². The van der Waals surface area contributed by atoms with Crippen molar-refractivity contribution in [2.24, 2.45) is 0 Å². The Balaban J connectivity index is 1.36. The van der Waals surface area contributed by atoms with Crippen LogP contribution in [0.4, 0.5) is 0 Å². The van der Waals surface area contributed by atoms with E-state index in [0.717, 1.165) is 26.1 Å². The minimum Gasteiger partial charge on any atom is -0.358 e. The number of rotatable bonds is 4. The molecule has 0 aliphatic carbocycles. The van der Waals surface area contributed by atoms with Gasteiger partial charge in [0.15, 0.2) is 5.11 Å². The van der Waals surface area contributed by atoms with Crippen molar-refractivity contribution in [3.05, 3.63) is 88.4 Å². The zero-order valence-corrected chi connectivity index (χ0v) is 18.4. The number of benzene rings is 3. The molecule has 0 unspecified atom stereocenters. The lowest BCUT2D eigenvalue weighted by molar-refractivity contribution is 0.0976. The van der Waals surface area contributed by atoms with Gasteiger partial charge in [-0.15, -0.1) is 11.3 Å².